The van der Waals surface area contributed by atoms with Crippen LogP contribution in [0.1, 0.15) is 37.6 Å². The predicted molar refractivity (Wildman–Crippen MR) is 86.3 cm³/mol. The molecule has 0 spiro atoms. The van der Waals surface area contributed by atoms with E-state index in [1.54, 1.807) is 0 Å². The van der Waals surface area contributed by atoms with Crippen LogP contribution >= 0.6 is 11.8 Å². The van der Waals surface area contributed by atoms with Crippen molar-refractivity contribution in [3.63, 3.8) is 0 Å². The fourth-order valence-corrected chi connectivity index (χ4v) is 3.06. The van der Waals surface area contributed by atoms with Gasteiger partial charge in [0.2, 0.25) is 0 Å². The first kappa shape index (κ1) is 15.1. The Kier molecular flexibility index (Phi) is 5.68. The van der Waals surface area contributed by atoms with E-state index in [1.807, 2.05) is 25.0 Å². The van der Waals surface area contributed by atoms with Crippen molar-refractivity contribution in [1.82, 2.24) is 15.1 Å². The summed E-state index contributed by atoms with van der Waals surface area (Å²) in [6.45, 7) is 5.32. The van der Waals surface area contributed by atoms with Crippen LogP contribution < -0.4 is 5.32 Å². The average molecular weight is 289 g/mol. The lowest BCUT2D eigenvalue weighted by atomic mass is 10.0. The van der Waals surface area contributed by atoms with Crippen molar-refractivity contribution in [3.8, 4) is 0 Å². The zero-order chi connectivity index (χ0) is 14.4. The monoisotopic (exact) mass is 289 g/mol. The number of benzene rings is 1. The first-order chi connectivity index (χ1) is 9.80. The van der Waals surface area contributed by atoms with Gasteiger partial charge in [-0.3, -0.25) is 4.68 Å². The van der Waals surface area contributed by atoms with Crippen LogP contribution in [0.3, 0.4) is 0 Å². The molecule has 2 rings (SSSR count). The van der Waals surface area contributed by atoms with Crippen LogP contribution in [0.25, 0.3) is 0 Å². The SMILES string of the molecule is CCCn1nccc1C(NC)c1ccc(SCC)cc1. The van der Waals surface area contributed by atoms with Gasteiger partial charge in [-0.25, -0.2) is 0 Å². The maximum atomic E-state index is 4.42. The van der Waals surface area contributed by atoms with Gasteiger partial charge in [-0.05, 0) is 43.0 Å². The largest absolute Gasteiger partial charge is 0.308 e. The van der Waals surface area contributed by atoms with Gasteiger partial charge >= 0.3 is 0 Å². The smallest absolute Gasteiger partial charge is 0.0745 e. The van der Waals surface area contributed by atoms with Gasteiger partial charge in [-0.1, -0.05) is 26.0 Å². The normalized spacial score (nSPS) is 12.6. The van der Waals surface area contributed by atoms with E-state index in [4.69, 9.17) is 0 Å². The topological polar surface area (TPSA) is 29.9 Å². The Hall–Kier alpha value is -1.26. The molecule has 0 saturated carbocycles. The minimum Gasteiger partial charge on any atom is -0.308 e. The van der Waals surface area contributed by atoms with Crippen molar-refractivity contribution < 1.29 is 0 Å². The lowest BCUT2D eigenvalue weighted by molar-refractivity contribution is 0.534. The maximum Gasteiger partial charge on any atom is 0.0745 e. The van der Waals surface area contributed by atoms with Crippen molar-refractivity contribution >= 4 is 11.8 Å². The highest BCUT2D eigenvalue weighted by Gasteiger charge is 2.16. The second-order valence-corrected chi connectivity index (χ2v) is 6.04. The van der Waals surface area contributed by atoms with Crippen molar-refractivity contribution in [3.05, 3.63) is 47.8 Å². The number of rotatable bonds is 7. The quantitative estimate of drug-likeness (QED) is 0.788. The highest BCUT2D eigenvalue weighted by molar-refractivity contribution is 7.99. The number of aryl methyl sites for hydroxylation is 1. The van der Waals surface area contributed by atoms with Gasteiger partial charge in [0.15, 0.2) is 0 Å². The van der Waals surface area contributed by atoms with E-state index in [-0.39, 0.29) is 6.04 Å². The molecular weight excluding hydrogens is 266 g/mol. The van der Waals surface area contributed by atoms with E-state index >= 15 is 0 Å². The first-order valence-electron chi connectivity index (χ1n) is 7.21. The van der Waals surface area contributed by atoms with E-state index < -0.39 is 0 Å². The molecule has 20 heavy (non-hydrogen) atoms. The van der Waals surface area contributed by atoms with E-state index in [1.165, 1.54) is 16.2 Å². The number of nitrogens with one attached hydrogen (secondary N) is 1. The van der Waals surface area contributed by atoms with Gasteiger partial charge in [0.05, 0.1) is 11.7 Å². The number of hydrogen-bond acceptors (Lipinski definition) is 3. The Balaban J connectivity index is 2.24. The zero-order valence-corrected chi connectivity index (χ0v) is 13.3. The van der Waals surface area contributed by atoms with Gasteiger partial charge in [-0.2, -0.15) is 5.10 Å². The average Bonchev–Trinajstić information content (AvgIpc) is 2.91. The molecule has 0 fully saturated rings. The molecule has 1 heterocycles. The van der Waals surface area contributed by atoms with E-state index in [2.05, 4.69) is 59.3 Å². The minimum absolute atomic E-state index is 0.199. The number of hydrogen-bond donors (Lipinski definition) is 1. The van der Waals surface area contributed by atoms with Gasteiger partial charge in [0.25, 0.3) is 0 Å². The highest BCUT2D eigenvalue weighted by atomic mass is 32.2. The van der Waals surface area contributed by atoms with Crippen molar-refractivity contribution in [2.45, 2.75) is 37.8 Å². The lowest BCUT2D eigenvalue weighted by Gasteiger charge is -2.18. The summed E-state index contributed by atoms with van der Waals surface area (Å²) in [7, 11) is 2.00. The summed E-state index contributed by atoms with van der Waals surface area (Å²) >= 11 is 1.87. The molecule has 4 heteroatoms. The highest BCUT2D eigenvalue weighted by Crippen LogP contribution is 2.25. The fourth-order valence-electron chi connectivity index (χ4n) is 2.40. The molecule has 2 aromatic rings. The second kappa shape index (κ2) is 7.50. The molecule has 0 amide bonds. The third kappa shape index (κ3) is 3.44. The van der Waals surface area contributed by atoms with Gasteiger partial charge in [-0.15, -0.1) is 11.8 Å². The molecule has 0 bridgehead atoms. The van der Waals surface area contributed by atoms with Gasteiger partial charge in [0.1, 0.15) is 0 Å². The van der Waals surface area contributed by atoms with Crippen LogP contribution in [-0.4, -0.2) is 22.6 Å². The van der Waals surface area contributed by atoms with Gasteiger partial charge < -0.3 is 5.32 Å². The van der Waals surface area contributed by atoms with E-state index in [0.717, 1.165) is 18.7 Å². The summed E-state index contributed by atoms with van der Waals surface area (Å²) in [5, 5.41) is 7.82. The molecule has 0 aliphatic heterocycles. The third-order valence-electron chi connectivity index (χ3n) is 3.29. The van der Waals surface area contributed by atoms with Crippen LogP contribution in [0.15, 0.2) is 41.4 Å². The molecule has 1 atom stereocenters. The second-order valence-electron chi connectivity index (χ2n) is 4.70. The Morgan fingerprint density at radius 2 is 1.95 bits per heavy atom. The van der Waals surface area contributed by atoms with Crippen molar-refractivity contribution in [2.75, 3.05) is 12.8 Å². The summed E-state index contributed by atoms with van der Waals surface area (Å²) in [4.78, 5) is 1.33. The Labute approximate surface area is 125 Å². The van der Waals surface area contributed by atoms with Crippen molar-refractivity contribution in [2.24, 2.45) is 0 Å². The summed E-state index contributed by atoms with van der Waals surface area (Å²) in [6.07, 6.45) is 2.98. The Morgan fingerprint density at radius 3 is 2.55 bits per heavy atom. The minimum atomic E-state index is 0.199. The summed E-state index contributed by atoms with van der Waals surface area (Å²) < 4.78 is 2.09. The van der Waals surface area contributed by atoms with E-state index in [9.17, 15) is 0 Å². The molecule has 0 radical (unpaired) electrons. The van der Waals surface area contributed by atoms with E-state index in [0.29, 0.717) is 0 Å². The molecule has 0 aliphatic rings. The van der Waals surface area contributed by atoms with Gasteiger partial charge in [0, 0.05) is 17.6 Å². The van der Waals surface area contributed by atoms with Crippen LogP contribution in [0.4, 0.5) is 0 Å². The predicted octanol–water partition coefficient (Wildman–Crippen LogP) is 3.71. The number of thioether (sulfide) groups is 1. The van der Waals surface area contributed by atoms with Crippen LogP contribution in [-0.2, 0) is 6.54 Å². The molecule has 0 saturated heterocycles. The Morgan fingerprint density at radius 1 is 1.20 bits per heavy atom. The number of nitrogens with zero attached hydrogens (tertiary/aromatic N) is 2. The third-order valence-corrected chi connectivity index (χ3v) is 4.19. The maximum absolute atomic E-state index is 4.42. The van der Waals surface area contributed by atoms with Crippen LogP contribution in [0, 0.1) is 0 Å². The zero-order valence-electron chi connectivity index (χ0n) is 12.5. The Bertz CT molecular complexity index is 519. The van der Waals surface area contributed by atoms with Crippen LogP contribution in [0.5, 0.6) is 0 Å². The summed E-state index contributed by atoms with van der Waals surface area (Å²) in [5.74, 6) is 1.11. The standard InChI is InChI=1S/C16H23N3S/c1-4-12-19-15(10-11-18-19)16(17-3)13-6-8-14(9-7-13)20-5-2/h6-11,16-17H,4-5,12H2,1-3H3. The molecule has 1 N–H and O–H groups in total. The lowest BCUT2D eigenvalue weighted by Crippen LogP contribution is -2.21. The molecule has 108 valence electrons. The van der Waals surface area contributed by atoms with Crippen molar-refractivity contribution in [1.29, 1.82) is 0 Å². The first-order valence-corrected chi connectivity index (χ1v) is 8.20. The molecule has 1 aromatic carbocycles. The molecule has 1 aromatic heterocycles. The number of aromatic nitrogens is 2. The molecule has 3 nitrogen and oxygen atoms in total. The molecular formula is C16H23N3S. The summed E-state index contributed by atoms with van der Waals surface area (Å²) in [6, 6.07) is 11.1. The fraction of sp³-hybridized carbons (Fsp3) is 0.438. The molecule has 0 aliphatic carbocycles. The molecule has 1 unspecified atom stereocenters. The van der Waals surface area contributed by atoms with Crippen LogP contribution in [0.2, 0.25) is 0 Å². The summed E-state index contributed by atoms with van der Waals surface area (Å²) in [5.41, 5.74) is 2.51.